The van der Waals surface area contributed by atoms with Gasteiger partial charge in [-0.2, -0.15) is 12.6 Å². The smallest absolute Gasteiger partial charge is 0.182 e. The van der Waals surface area contributed by atoms with Crippen molar-refractivity contribution in [3.8, 4) is 10.0 Å². The molecule has 0 spiro atoms. The average Bonchev–Trinajstić information content (AvgIpc) is 3.23. The molecule has 2 aromatic rings. The lowest BCUT2D eigenvalue weighted by Gasteiger charge is -2.01. The molecule has 134 valence electrons. The number of thiazole rings is 2. The van der Waals surface area contributed by atoms with Crippen LogP contribution in [0, 0.1) is 0 Å². The van der Waals surface area contributed by atoms with Crippen LogP contribution in [0.3, 0.4) is 0 Å². The van der Waals surface area contributed by atoms with E-state index in [2.05, 4.69) is 22.6 Å². The lowest BCUT2D eigenvalue weighted by Crippen LogP contribution is -2.02. The molecule has 0 aliphatic heterocycles. The van der Waals surface area contributed by atoms with Crippen molar-refractivity contribution < 1.29 is 9.59 Å². The van der Waals surface area contributed by atoms with E-state index < -0.39 is 0 Å². The second kappa shape index (κ2) is 9.99. The summed E-state index contributed by atoms with van der Waals surface area (Å²) in [6.07, 6.45) is 7.22. The first kappa shape index (κ1) is 20.0. The van der Waals surface area contributed by atoms with Gasteiger partial charge in [0, 0.05) is 30.2 Å². The first-order valence-corrected chi connectivity index (χ1v) is 10.6. The molecule has 0 fully saturated rings. The highest BCUT2D eigenvalue weighted by molar-refractivity contribution is 7.81. The third-order valence-electron chi connectivity index (χ3n) is 3.49. The van der Waals surface area contributed by atoms with Crippen molar-refractivity contribution in [2.45, 2.75) is 46.0 Å². The summed E-state index contributed by atoms with van der Waals surface area (Å²) >= 11 is 7.00. The highest BCUT2D eigenvalue weighted by Crippen LogP contribution is 2.31. The van der Waals surface area contributed by atoms with Crippen molar-refractivity contribution in [1.29, 1.82) is 0 Å². The third-order valence-corrected chi connectivity index (χ3v) is 5.76. The van der Waals surface area contributed by atoms with Crippen LogP contribution in [0.25, 0.3) is 16.1 Å². The summed E-state index contributed by atoms with van der Waals surface area (Å²) in [6.45, 7) is 4.02. The molecule has 25 heavy (non-hydrogen) atoms. The van der Waals surface area contributed by atoms with Crippen LogP contribution < -0.4 is 0 Å². The summed E-state index contributed by atoms with van der Waals surface area (Å²) in [5, 5.41) is 3.55. The van der Waals surface area contributed by atoms with Gasteiger partial charge >= 0.3 is 0 Å². The minimum atomic E-state index is 0.0621. The summed E-state index contributed by atoms with van der Waals surface area (Å²) in [7, 11) is 0. The Labute approximate surface area is 161 Å². The molecule has 0 atom stereocenters. The van der Waals surface area contributed by atoms with Gasteiger partial charge in [-0.3, -0.25) is 9.59 Å². The molecule has 0 amide bonds. The fraction of sp³-hybridized carbons (Fsp3) is 0.444. The molecule has 0 unspecified atom stereocenters. The van der Waals surface area contributed by atoms with E-state index in [9.17, 15) is 9.59 Å². The largest absolute Gasteiger partial charge is 0.299 e. The number of hydrogen-bond acceptors (Lipinski definition) is 7. The van der Waals surface area contributed by atoms with E-state index in [-0.39, 0.29) is 11.6 Å². The van der Waals surface area contributed by atoms with E-state index >= 15 is 0 Å². The van der Waals surface area contributed by atoms with Gasteiger partial charge in [0.15, 0.2) is 15.8 Å². The normalized spacial score (nSPS) is 10.7. The number of thiol groups is 1. The molecule has 4 nitrogen and oxygen atoms in total. The lowest BCUT2D eigenvalue weighted by atomic mass is 10.1. The minimum absolute atomic E-state index is 0.0621. The van der Waals surface area contributed by atoms with Gasteiger partial charge in [-0.15, -0.1) is 22.7 Å². The van der Waals surface area contributed by atoms with E-state index in [4.69, 9.17) is 0 Å². The topological polar surface area (TPSA) is 59.9 Å². The number of aromatic nitrogens is 2. The summed E-state index contributed by atoms with van der Waals surface area (Å²) in [5.41, 5.74) is 1.68. The molecule has 2 rings (SSSR count). The van der Waals surface area contributed by atoms with Crippen molar-refractivity contribution in [1.82, 2.24) is 9.97 Å². The van der Waals surface area contributed by atoms with Crippen molar-refractivity contribution in [3.05, 3.63) is 27.7 Å². The predicted molar refractivity (Wildman–Crippen MR) is 109 cm³/mol. The molecular weight excluding hydrogens is 372 g/mol. The number of allylic oxidation sites excluding steroid dienone is 1. The Morgan fingerprint density at radius 3 is 2.56 bits per heavy atom. The number of ketones is 2. The predicted octanol–water partition coefficient (Wildman–Crippen LogP) is 5.32. The first-order chi connectivity index (χ1) is 12.0. The van der Waals surface area contributed by atoms with Gasteiger partial charge in [-0.05, 0) is 32.8 Å². The molecule has 0 aliphatic rings. The maximum atomic E-state index is 12.6. The number of carbonyl (C=O) groups is 2. The Hall–Kier alpha value is -1.31. The van der Waals surface area contributed by atoms with E-state index in [1.807, 2.05) is 25.3 Å². The second-order valence-electron chi connectivity index (χ2n) is 5.97. The lowest BCUT2D eigenvalue weighted by molar-refractivity contribution is -0.116. The maximum Gasteiger partial charge on any atom is 0.182 e. The zero-order valence-electron chi connectivity index (χ0n) is 14.4. The number of unbranched alkanes of at least 4 members (excludes halogenated alkanes) is 2. The fourth-order valence-corrected chi connectivity index (χ4v) is 4.28. The maximum absolute atomic E-state index is 12.6. The Morgan fingerprint density at radius 1 is 1.16 bits per heavy atom. The van der Waals surface area contributed by atoms with Crippen LogP contribution in [-0.4, -0.2) is 27.3 Å². The number of hydrogen-bond donors (Lipinski definition) is 1. The van der Waals surface area contributed by atoms with Gasteiger partial charge in [0.1, 0.15) is 11.5 Å². The standard InChI is InChI=1S/C18H22N2O2S3/c1-12(2)10-15-16(20-18(25-15)17-19-8-9-24-17)14(22)7-5-3-4-6-13(21)11-23/h8-10,23H,3-7,11H2,1-2H3. The Morgan fingerprint density at radius 2 is 1.92 bits per heavy atom. The minimum Gasteiger partial charge on any atom is -0.299 e. The highest BCUT2D eigenvalue weighted by Gasteiger charge is 2.18. The van der Waals surface area contributed by atoms with Gasteiger partial charge in [-0.1, -0.05) is 12.0 Å². The van der Waals surface area contributed by atoms with Crippen LogP contribution in [0.5, 0.6) is 0 Å². The molecule has 0 aromatic carbocycles. The summed E-state index contributed by atoms with van der Waals surface area (Å²) in [5.74, 6) is 0.517. The van der Waals surface area contributed by atoms with Crippen molar-refractivity contribution in [3.63, 3.8) is 0 Å². The molecular formula is C18H22N2O2S3. The summed E-state index contributed by atoms with van der Waals surface area (Å²) in [6, 6.07) is 0. The number of rotatable bonds is 10. The molecule has 0 aliphatic carbocycles. The van der Waals surface area contributed by atoms with Gasteiger partial charge in [0.2, 0.25) is 0 Å². The van der Waals surface area contributed by atoms with E-state index in [0.29, 0.717) is 24.3 Å². The number of Topliss-reactive ketones (excluding diaryl/α,β-unsaturated/α-hetero) is 2. The summed E-state index contributed by atoms with van der Waals surface area (Å²) in [4.78, 5) is 33.6. The SMILES string of the molecule is CC(C)=Cc1sc(-c2nccs2)nc1C(=O)CCCCCC(=O)CS. The van der Waals surface area contributed by atoms with E-state index in [0.717, 1.165) is 39.7 Å². The van der Waals surface area contributed by atoms with Crippen LogP contribution >= 0.6 is 35.3 Å². The van der Waals surface area contributed by atoms with Crippen molar-refractivity contribution in [2.75, 3.05) is 5.75 Å². The zero-order chi connectivity index (χ0) is 18.2. The Balaban J connectivity index is 2.02. The van der Waals surface area contributed by atoms with Crippen molar-refractivity contribution in [2.24, 2.45) is 0 Å². The van der Waals surface area contributed by atoms with Crippen LogP contribution in [0.1, 0.15) is 61.3 Å². The molecule has 0 radical (unpaired) electrons. The molecule has 2 aromatic heterocycles. The molecule has 7 heteroatoms. The van der Waals surface area contributed by atoms with Crippen LogP contribution in [0.4, 0.5) is 0 Å². The van der Waals surface area contributed by atoms with Crippen molar-refractivity contribution >= 4 is 52.9 Å². The summed E-state index contributed by atoms with van der Waals surface area (Å²) < 4.78 is 0. The molecule has 0 saturated heterocycles. The highest BCUT2D eigenvalue weighted by atomic mass is 32.1. The van der Waals surface area contributed by atoms with Crippen LogP contribution in [0.2, 0.25) is 0 Å². The number of carbonyl (C=O) groups excluding carboxylic acids is 2. The van der Waals surface area contributed by atoms with E-state index in [1.54, 1.807) is 6.20 Å². The Kier molecular flexibility index (Phi) is 7.99. The molecule has 0 N–H and O–H groups in total. The third kappa shape index (κ3) is 6.17. The van der Waals surface area contributed by atoms with Gasteiger partial charge in [-0.25, -0.2) is 9.97 Å². The van der Waals surface area contributed by atoms with Gasteiger partial charge in [0.25, 0.3) is 0 Å². The zero-order valence-corrected chi connectivity index (χ0v) is 17.0. The second-order valence-corrected chi connectivity index (χ2v) is 8.21. The monoisotopic (exact) mass is 394 g/mol. The molecule has 0 bridgehead atoms. The van der Waals surface area contributed by atoms with Gasteiger partial charge in [0.05, 0.1) is 4.88 Å². The van der Waals surface area contributed by atoms with E-state index in [1.165, 1.54) is 22.7 Å². The Bertz CT molecular complexity index is 744. The van der Waals surface area contributed by atoms with Crippen LogP contribution in [-0.2, 0) is 4.79 Å². The molecule has 0 saturated carbocycles. The average molecular weight is 395 g/mol. The van der Waals surface area contributed by atoms with Gasteiger partial charge < -0.3 is 0 Å². The fourth-order valence-electron chi connectivity index (χ4n) is 2.29. The quantitative estimate of drug-likeness (QED) is 0.336. The van der Waals surface area contributed by atoms with Crippen LogP contribution in [0.15, 0.2) is 17.2 Å². The number of nitrogens with zero attached hydrogens (tertiary/aromatic N) is 2. The first-order valence-electron chi connectivity index (χ1n) is 8.22. The molecule has 2 heterocycles.